The van der Waals surface area contributed by atoms with Gasteiger partial charge in [-0.1, -0.05) is 91.0 Å². The second kappa shape index (κ2) is 22.0. The lowest BCUT2D eigenvalue weighted by atomic mass is 9.12. The molecule has 0 unspecified atom stereocenters. The lowest BCUT2D eigenvalue weighted by Crippen LogP contribution is -2.75. The number of aliphatic carboxylic acids is 1. The Kier molecular flexibility index (Phi) is 16.9. The van der Waals surface area contributed by atoms with E-state index in [1.54, 1.807) is 41.0 Å². The topological polar surface area (TPSA) is 75.3 Å². The Hall–Kier alpha value is -8.08. The average molecular weight is 1200 g/mol. The highest BCUT2D eigenvalue weighted by Crippen LogP contribution is 2.41. The van der Waals surface area contributed by atoms with Gasteiger partial charge in [-0.15, -0.1) is 0 Å². The molecular formula is C52H28BF24NO4. The monoisotopic (exact) mass is 1200 g/mol. The summed E-state index contributed by atoms with van der Waals surface area (Å²) in [5.41, 5.74) is -28.7. The zero-order valence-corrected chi connectivity index (χ0v) is 40.0. The molecule has 30 heteroatoms. The molecule has 0 atom stereocenters. The van der Waals surface area contributed by atoms with Gasteiger partial charge in [0.1, 0.15) is 12.6 Å². The van der Waals surface area contributed by atoms with Crippen molar-refractivity contribution in [3.8, 4) is 0 Å². The molecule has 436 valence electrons. The summed E-state index contributed by atoms with van der Waals surface area (Å²) in [7, 11) is 0. The summed E-state index contributed by atoms with van der Waals surface area (Å²) < 4.78 is 342. The second-order valence-electron chi connectivity index (χ2n) is 17.9. The number of hydrogen-bond donors (Lipinski definition) is 1. The van der Waals surface area contributed by atoms with E-state index in [2.05, 4.69) is 0 Å². The van der Waals surface area contributed by atoms with Crippen LogP contribution in [0.15, 0.2) is 140 Å². The lowest BCUT2D eigenvalue weighted by Gasteiger charge is -2.46. The Morgan fingerprint density at radius 2 is 0.634 bits per heavy atom. The molecule has 0 fully saturated rings. The van der Waals surface area contributed by atoms with Gasteiger partial charge in [0.15, 0.2) is 0 Å². The van der Waals surface area contributed by atoms with E-state index in [4.69, 9.17) is 5.11 Å². The fourth-order valence-electron chi connectivity index (χ4n) is 8.83. The maximum atomic E-state index is 14.2. The summed E-state index contributed by atoms with van der Waals surface area (Å²) in [5.74, 6) is -1.87. The molecule has 0 aliphatic rings. The third-order valence-electron chi connectivity index (χ3n) is 12.4. The number of Topliss-reactive ketones (excluding diaryl/α,β-unsaturated/α-hetero) is 2. The van der Waals surface area contributed by atoms with Crippen LogP contribution >= 0.6 is 0 Å². The minimum Gasteiger partial charge on any atom is -0.481 e. The molecule has 0 spiro atoms. The standard InChI is InChI=1S/C32H12BF24.C20H15NO4/c34-25(35,36)13-1-14(26(37,38)39)6-21(5-13)33(22-7-15(27(40,41)42)2-16(8-22)28(43,44)45,23-9-17(29(46,47)48)3-18(10-23)30(49,50)51)24-11-19(31(52,53)54)4-20(12-24)32(55,56)57;22-18(12-20(24)25)17-11-10-14-6-4-5-9-16(14)21(17)13-19(23)15-7-2-1-3-8-15/h1-12H;1-11H,12-13H2/q-1;/p+1. The van der Waals surface area contributed by atoms with E-state index < -0.39 is 213 Å². The number of pyridine rings is 1. The van der Waals surface area contributed by atoms with Gasteiger partial charge in [0.2, 0.25) is 29.3 Å². The molecule has 0 saturated carbocycles. The van der Waals surface area contributed by atoms with Gasteiger partial charge in [0.25, 0.3) is 0 Å². The van der Waals surface area contributed by atoms with E-state index in [1.165, 1.54) is 0 Å². The number of benzene rings is 6. The molecule has 0 aliphatic heterocycles. The molecule has 6 aromatic carbocycles. The van der Waals surface area contributed by atoms with Crippen molar-refractivity contribution < 1.29 is 129 Å². The summed E-state index contributed by atoms with van der Waals surface area (Å²) in [4.78, 5) is 35.8. The molecular weight excluding hydrogens is 1170 g/mol. The molecule has 1 heterocycles. The predicted octanol–water partition coefficient (Wildman–Crippen LogP) is 13.9. The molecule has 0 bridgehead atoms. The number of carbonyl (C=O) groups is 3. The third-order valence-corrected chi connectivity index (χ3v) is 12.4. The number of para-hydroxylation sites is 1. The van der Waals surface area contributed by atoms with Gasteiger partial charge in [-0.2, -0.15) is 132 Å². The molecule has 7 aromatic rings. The van der Waals surface area contributed by atoms with Crippen LogP contribution in [-0.2, 0) is 60.7 Å². The highest BCUT2D eigenvalue weighted by molar-refractivity contribution is 7.20. The van der Waals surface area contributed by atoms with E-state index in [-0.39, 0.29) is 18.0 Å². The number of rotatable bonds is 10. The number of nitrogens with zero attached hydrogens (tertiary/aromatic N) is 1. The minimum atomic E-state index is -6.13. The number of carboxylic acids is 1. The van der Waals surface area contributed by atoms with Gasteiger partial charge in [-0.25, -0.2) is 0 Å². The molecule has 5 nitrogen and oxygen atoms in total. The van der Waals surface area contributed by atoms with Gasteiger partial charge >= 0.3 is 55.4 Å². The number of alkyl halides is 24. The van der Waals surface area contributed by atoms with Crippen LogP contribution in [0.4, 0.5) is 105 Å². The van der Waals surface area contributed by atoms with Gasteiger partial charge in [0, 0.05) is 23.1 Å². The number of carbonyl (C=O) groups excluding carboxylic acids is 2. The fraction of sp³-hybridized carbons (Fsp3) is 0.192. The Morgan fingerprint density at radius 3 is 0.915 bits per heavy atom. The van der Waals surface area contributed by atoms with Crippen LogP contribution in [0.5, 0.6) is 0 Å². The smallest absolute Gasteiger partial charge is 0.416 e. The van der Waals surface area contributed by atoms with Crippen molar-refractivity contribution in [2.24, 2.45) is 0 Å². The van der Waals surface area contributed by atoms with Crippen molar-refractivity contribution in [2.75, 3.05) is 0 Å². The van der Waals surface area contributed by atoms with Gasteiger partial charge in [0.05, 0.1) is 44.5 Å². The SMILES string of the molecule is FC(F)(F)c1cc([B-](c2cc(C(F)(F)F)cc(C(F)(F)F)c2)(c2cc(C(F)(F)F)cc(C(F)(F)F)c2)c2cc(C(F)(F)F)cc(C(F)(F)F)c2)cc(C(F)(F)F)c1.O=C(O)CC(=O)c1ccc2ccccc2[n+]1CC(=O)c1ccccc1. The summed E-state index contributed by atoms with van der Waals surface area (Å²) in [6.45, 7) is -0.0357. The van der Waals surface area contributed by atoms with Crippen LogP contribution in [0.1, 0.15) is 71.8 Å². The Labute approximate surface area is 442 Å². The van der Waals surface area contributed by atoms with Gasteiger partial charge in [-0.05, 0) is 36.4 Å². The molecule has 0 saturated heterocycles. The van der Waals surface area contributed by atoms with Crippen LogP contribution < -0.4 is 26.4 Å². The van der Waals surface area contributed by atoms with E-state index >= 15 is 0 Å². The third kappa shape index (κ3) is 14.1. The van der Waals surface area contributed by atoms with Crippen LogP contribution in [0.25, 0.3) is 10.9 Å². The number of halogens is 24. The van der Waals surface area contributed by atoms with Crippen molar-refractivity contribution in [3.05, 3.63) is 195 Å². The highest BCUT2D eigenvalue weighted by atomic mass is 19.4. The van der Waals surface area contributed by atoms with Crippen LogP contribution in [0, 0.1) is 0 Å². The fourth-order valence-corrected chi connectivity index (χ4v) is 8.83. The van der Waals surface area contributed by atoms with Crippen molar-refractivity contribution in [1.82, 2.24) is 0 Å². The lowest BCUT2D eigenvalue weighted by molar-refractivity contribution is -0.659. The van der Waals surface area contributed by atoms with Crippen molar-refractivity contribution in [3.63, 3.8) is 0 Å². The van der Waals surface area contributed by atoms with Crippen LogP contribution in [0.2, 0.25) is 0 Å². The second-order valence-corrected chi connectivity index (χ2v) is 17.9. The van der Waals surface area contributed by atoms with Crippen LogP contribution in [-0.4, -0.2) is 28.8 Å². The summed E-state index contributed by atoms with van der Waals surface area (Å²) in [6, 6.07) is 10.7. The Balaban J connectivity index is 0.000000357. The first-order valence-electron chi connectivity index (χ1n) is 22.4. The number of aromatic nitrogens is 1. The quantitative estimate of drug-likeness (QED) is 0.0487. The zero-order valence-electron chi connectivity index (χ0n) is 40.0. The molecule has 1 aromatic heterocycles. The van der Waals surface area contributed by atoms with E-state index in [1.807, 2.05) is 30.3 Å². The van der Waals surface area contributed by atoms with Gasteiger partial charge in [-0.3, -0.25) is 14.4 Å². The van der Waals surface area contributed by atoms with E-state index in [9.17, 15) is 120 Å². The minimum absolute atomic E-state index is 0.0357. The van der Waals surface area contributed by atoms with E-state index in [0.29, 0.717) is 11.1 Å². The average Bonchev–Trinajstić information content (AvgIpc) is 1.70. The number of hydrogen-bond acceptors (Lipinski definition) is 3. The first kappa shape index (κ1) is 63.1. The van der Waals surface area contributed by atoms with Crippen molar-refractivity contribution in [2.45, 2.75) is 62.4 Å². The first-order chi connectivity index (χ1) is 37.3. The molecule has 7 rings (SSSR count). The summed E-state index contributed by atoms with van der Waals surface area (Å²) in [6.07, 6.45) is -55.4. The number of fused-ring (bicyclic) bond motifs is 1. The number of ketones is 2. The predicted molar refractivity (Wildman–Crippen MR) is 242 cm³/mol. The zero-order chi connectivity index (χ0) is 61.7. The molecule has 0 aliphatic carbocycles. The largest absolute Gasteiger partial charge is 0.481 e. The Bertz CT molecular complexity index is 3120. The number of carboxylic acid groups (broad SMARTS) is 1. The molecule has 0 amide bonds. The maximum absolute atomic E-state index is 14.2. The Morgan fingerprint density at radius 1 is 0.354 bits per heavy atom. The van der Waals surface area contributed by atoms with Crippen LogP contribution in [0.3, 0.4) is 0 Å². The highest BCUT2D eigenvalue weighted by Gasteiger charge is 2.47. The van der Waals surface area contributed by atoms with E-state index in [0.717, 1.165) is 5.39 Å². The van der Waals surface area contributed by atoms with Crippen molar-refractivity contribution >= 4 is 56.4 Å². The van der Waals surface area contributed by atoms with Crippen molar-refractivity contribution in [1.29, 1.82) is 0 Å². The summed E-state index contributed by atoms with van der Waals surface area (Å²) in [5, 5.41) is 9.78. The normalized spacial score (nSPS) is 13.2. The molecule has 1 N–H and O–H groups in total. The summed E-state index contributed by atoms with van der Waals surface area (Å²) >= 11 is 0. The molecule has 82 heavy (non-hydrogen) atoms. The first-order valence-corrected chi connectivity index (χ1v) is 22.4. The maximum Gasteiger partial charge on any atom is 0.416 e. The molecule has 0 radical (unpaired) electrons. The van der Waals surface area contributed by atoms with Gasteiger partial charge < -0.3 is 5.11 Å².